The van der Waals surface area contributed by atoms with Crippen LogP contribution in [0.25, 0.3) is 105 Å². The van der Waals surface area contributed by atoms with Gasteiger partial charge in [-0.2, -0.15) is 0 Å². The summed E-state index contributed by atoms with van der Waals surface area (Å²) in [5, 5.41) is 7.45. The Morgan fingerprint density at radius 2 is 0.702 bits per heavy atom. The number of hydrogen-bond donors (Lipinski definition) is 0. The smallest absolute Gasteiger partial charge is 0.164 e. The molecular formula is C53H34N4. The van der Waals surface area contributed by atoms with Gasteiger partial charge < -0.3 is 4.57 Å². The molecular weight excluding hydrogens is 693 g/mol. The lowest BCUT2D eigenvalue weighted by Gasteiger charge is -2.12. The minimum Gasteiger partial charge on any atom is -0.309 e. The van der Waals surface area contributed by atoms with Gasteiger partial charge >= 0.3 is 0 Å². The highest BCUT2D eigenvalue weighted by Gasteiger charge is 2.19. The molecule has 0 aliphatic carbocycles. The van der Waals surface area contributed by atoms with Gasteiger partial charge in [0.1, 0.15) is 0 Å². The van der Waals surface area contributed by atoms with Crippen molar-refractivity contribution in [1.82, 2.24) is 19.5 Å². The summed E-state index contributed by atoms with van der Waals surface area (Å²) < 4.78 is 2.39. The van der Waals surface area contributed by atoms with Crippen LogP contribution in [0.3, 0.4) is 0 Å². The molecule has 4 nitrogen and oxygen atoms in total. The molecule has 0 atom stereocenters. The van der Waals surface area contributed by atoms with Gasteiger partial charge in [0.2, 0.25) is 0 Å². The topological polar surface area (TPSA) is 43.6 Å². The third-order valence-corrected chi connectivity index (χ3v) is 11.0. The van der Waals surface area contributed by atoms with Crippen molar-refractivity contribution in [3.05, 3.63) is 206 Å². The van der Waals surface area contributed by atoms with Gasteiger partial charge in [-0.3, -0.25) is 0 Å². The summed E-state index contributed by atoms with van der Waals surface area (Å²) in [4.78, 5) is 15.5. The number of aromatic nitrogens is 4. The Hall–Kier alpha value is -7.69. The summed E-state index contributed by atoms with van der Waals surface area (Å²) in [6, 6.07) is 72.8. The van der Waals surface area contributed by atoms with Crippen molar-refractivity contribution in [1.29, 1.82) is 0 Å². The molecule has 0 fully saturated rings. The Balaban J connectivity index is 1.10. The lowest BCUT2D eigenvalue weighted by atomic mass is 10.00. The van der Waals surface area contributed by atoms with Crippen molar-refractivity contribution in [3.63, 3.8) is 0 Å². The number of benzene rings is 9. The summed E-state index contributed by atoms with van der Waals surface area (Å²) in [7, 11) is 0. The van der Waals surface area contributed by atoms with Crippen molar-refractivity contribution in [2.75, 3.05) is 0 Å². The van der Waals surface area contributed by atoms with Gasteiger partial charge in [0.25, 0.3) is 0 Å². The predicted molar refractivity (Wildman–Crippen MR) is 236 cm³/mol. The highest BCUT2D eigenvalue weighted by Crippen LogP contribution is 2.41. The SMILES string of the molecule is c1ccc(-c2ccc(-c3nc(-c4cccc(-c5ccccc5)c4)nc(-c4cccc(-n5c6ccc7ccccc7c6c6c7ccccc7ccc65)c4)n3)cc2)cc1. The van der Waals surface area contributed by atoms with Crippen LogP contribution in [0.5, 0.6) is 0 Å². The maximum absolute atomic E-state index is 5.20. The summed E-state index contributed by atoms with van der Waals surface area (Å²) in [6.45, 7) is 0. The molecule has 0 radical (unpaired) electrons. The summed E-state index contributed by atoms with van der Waals surface area (Å²) in [5.41, 5.74) is 10.7. The Kier molecular flexibility index (Phi) is 7.78. The molecule has 0 bridgehead atoms. The van der Waals surface area contributed by atoms with E-state index >= 15 is 0 Å². The molecule has 0 saturated heterocycles. The first-order valence-electron chi connectivity index (χ1n) is 19.3. The van der Waals surface area contributed by atoms with Gasteiger partial charge in [0, 0.05) is 33.2 Å². The number of rotatable bonds is 6. The van der Waals surface area contributed by atoms with Gasteiger partial charge in [0.15, 0.2) is 17.5 Å². The minimum absolute atomic E-state index is 0.616. The van der Waals surface area contributed by atoms with Crippen LogP contribution in [0.4, 0.5) is 0 Å². The highest BCUT2D eigenvalue weighted by atomic mass is 15.0. The molecule has 0 amide bonds. The largest absolute Gasteiger partial charge is 0.309 e. The van der Waals surface area contributed by atoms with Gasteiger partial charge in [-0.25, -0.2) is 15.0 Å². The normalized spacial score (nSPS) is 11.5. The van der Waals surface area contributed by atoms with Gasteiger partial charge in [-0.05, 0) is 74.1 Å². The Morgan fingerprint density at radius 1 is 0.281 bits per heavy atom. The molecule has 0 saturated carbocycles. The first-order valence-corrected chi connectivity index (χ1v) is 19.3. The van der Waals surface area contributed by atoms with Crippen LogP contribution in [0.2, 0.25) is 0 Å². The zero-order chi connectivity index (χ0) is 37.7. The molecule has 11 rings (SSSR count). The van der Waals surface area contributed by atoms with Crippen LogP contribution < -0.4 is 0 Å². The van der Waals surface area contributed by atoms with Crippen molar-refractivity contribution < 1.29 is 0 Å². The predicted octanol–water partition coefficient (Wildman–Crippen LogP) is 13.6. The molecule has 9 aromatic carbocycles. The quantitative estimate of drug-likeness (QED) is 0.171. The number of nitrogens with zero attached hydrogens (tertiary/aromatic N) is 4. The average molecular weight is 727 g/mol. The minimum atomic E-state index is 0.616. The summed E-state index contributed by atoms with van der Waals surface area (Å²) in [6.07, 6.45) is 0. The van der Waals surface area contributed by atoms with E-state index in [0.29, 0.717) is 17.5 Å². The second kappa shape index (κ2) is 13.6. The molecule has 57 heavy (non-hydrogen) atoms. The third-order valence-electron chi connectivity index (χ3n) is 11.0. The monoisotopic (exact) mass is 726 g/mol. The summed E-state index contributed by atoms with van der Waals surface area (Å²) in [5.74, 6) is 1.87. The van der Waals surface area contributed by atoms with Gasteiger partial charge in [-0.1, -0.05) is 176 Å². The van der Waals surface area contributed by atoms with Crippen LogP contribution in [0.1, 0.15) is 0 Å². The lowest BCUT2D eigenvalue weighted by molar-refractivity contribution is 1.07. The fourth-order valence-corrected chi connectivity index (χ4v) is 8.28. The molecule has 0 aliphatic heterocycles. The van der Waals surface area contributed by atoms with E-state index in [9.17, 15) is 0 Å². The first kappa shape index (κ1) is 32.7. The molecule has 2 heterocycles. The molecule has 266 valence electrons. The van der Waals surface area contributed by atoms with Crippen molar-refractivity contribution >= 4 is 43.4 Å². The van der Waals surface area contributed by atoms with Crippen LogP contribution in [-0.4, -0.2) is 19.5 Å². The van der Waals surface area contributed by atoms with Crippen LogP contribution in [-0.2, 0) is 0 Å². The molecule has 0 N–H and O–H groups in total. The van der Waals surface area contributed by atoms with E-state index in [-0.39, 0.29) is 0 Å². The van der Waals surface area contributed by atoms with E-state index in [1.807, 2.05) is 12.1 Å². The average Bonchev–Trinajstić information content (AvgIpc) is 3.65. The van der Waals surface area contributed by atoms with Crippen LogP contribution >= 0.6 is 0 Å². The Labute approximate surface area is 330 Å². The highest BCUT2D eigenvalue weighted by molar-refractivity contribution is 6.28. The number of fused-ring (bicyclic) bond motifs is 7. The van der Waals surface area contributed by atoms with Gasteiger partial charge in [-0.15, -0.1) is 0 Å². The fourth-order valence-electron chi connectivity index (χ4n) is 8.28. The van der Waals surface area contributed by atoms with Crippen LogP contribution in [0.15, 0.2) is 206 Å². The van der Waals surface area contributed by atoms with Crippen molar-refractivity contribution in [2.24, 2.45) is 0 Å². The van der Waals surface area contributed by atoms with E-state index in [1.165, 1.54) is 37.9 Å². The zero-order valence-corrected chi connectivity index (χ0v) is 30.9. The van der Waals surface area contributed by atoms with E-state index in [1.54, 1.807) is 0 Å². The summed E-state index contributed by atoms with van der Waals surface area (Å²) >= 11 is 0. The van der Waals surface area contributed by atoms with Crippen LogP contribution in [0, 0.1) is 0 Å². The number of hydrogen-bond acceptors (Lipinski definition) is 3. The molecule has 11 aromatic rings. The standard InChI is InChI=1S/C53H34N4/c1-3-13-35(14-4-1)37-25-27-40(28-26-37)51-54-52(42-20-11-19-41(33-42)36-15-5-2-6-16-36)56-53(55-51)43-21-12-22-44(34-43)57-47-31-29-38-17-7-9-23-45(38)49(47)50-46-24-10-8-18-39(46)30-32-48(50)57/h1-34H. The fraction of sp³-hybridized carbons (Fsp3) is 0. The van der Waals surface area contributed by atoms with Gasteiger partial charge in [0.05, 0.1) is 11.0 Å². The second-order valence-corrected chi connectivity index (χ2v) is 14.4. The van der Waals surface area contributed by atoms with E-state index in [4.69, 9.17) is 15.0 Å². The van der Waals surface area contributed by atoms with E-state index in [0.717, 1.165) is 50.1 Å². The van der Waals surface area contributed by atoms with E-state index < -0.39 is 0 Å². The zero-order valence-electron chi connectivity index (χ0n) is 30.9. The third kappa shape index (κ3) is 5.74. The Bertz CT molecular complexity index is 3180. The molecule has 0 unspecified atom stereocenters. The maximum Gasteiger partial charge on any atom is 0.164 e. The maximum atomic E-state index is 5.20. The Morgan fingerprint density at radius 3 is 1.30 bits per heavy atom. The first-order chi connectivity index (χ1) is 28.2. The molecule has 0 spiro atoms. The van der Waals surface area contributed by atoms with E-state index in [2.05, 4.69) is 199 Å². The van der Waals surface area contributed by atoms with Crippen molar-refractivity contribution in [2.45, 2.75) is 0 Å². The molecule has 4 heteroatoms. The lowest BCUT2D eigenvalue weighted by Crippen LogP contribution is -2.01. The second-order valence-electron chi connectivity index (χ2n) is 14.4. The molecule has 0 aliphatic rings. The molecule has 2 aromatic heterocycles. The van der Waals surface area contributed by atoms with Crippen molar-refractivity contribution in [3.8, 4) is 62.1 Å².